The van der Waals surface area contributed by atoms with Crippen LogP contribution < -0.4 is 9.26 Å². The van der Waals surface area contributed by atoms with Crippen LogP contribution in [0, 0.1) is 0 Å². The number of aliphatic imine (C=N–C) groups is 1. The monoisotopic (exact) mass is 289 g/mol. The highest BCUT2D eigenvalue weighted by Gasteiger charge is 1.90. The van der Waals surface area contributed by atoms with Gasteiger partial charge in [0.25, 0.3) is 0 Å². The van der Waals surface area contributed by atoms with E-state index in [1.54, 1.807) is 0 Å². The van der Waals surface area contributed by atoms with Gasteiger partial charge >= 0.3 is 0 Å². The van der Waals surface area contributed by atoms with Crippen LogP contribution >= 0.6 is 22.9 Å². The Balaban J connectivity index is 2.36. The summed E-state index contributed by atoms with van der Waals surface area (Å²) in [5.41, 5.74) is 6.75. The minimum absolute atomic E-state index is 0.483. The molecule has 0 saturated heterocycles. The molecule has 0 fully saturated rings. The van der Waals surface area contributed by atoms with Crippen LogP contribution in [0.15, 0.2) is 35.3 Å². The molecular weight excluding hydrogens is 277 g/mol. The van der Waals surface area contributed by atoms with Crippen molar-refractivity contribution in [2.75, 3.05) is 6.54 Å². The molecule has 0 heterocycles. The summed E-state index contributed by atoms with van der Waals surface area (Å²) in [7, 11) is 0. The molecule has 4 heteroatoms. The summed E-state index contributed by atoms with van der Waals surface area (Å²) in [6.45, 7) is 0.728. The van der Waals surface area contributed by atoms with Crippen molar-refractivity contribution < 1.29 is 0 Å². The zero-order valence-corrected chi connectivity index (χ0v) is 9.36. The second-order valence-electron chi connectivity index (χ2n) is 2.60. The number of guanidine groups is 1. The summed E-state index contributed by atoms with van der Waals surface area (Å²) in [5.74, 6) is 0.483. The Bertz CT molecular complexity index is 271. The van der Waals surface area contributed by atoms with Gasteiger partial charge in [-0.25, -0.2) is 0 Å². The van der Waals surface area contributed by atoms with Crippen molar-refractivity contribution in [3.05, 3.63) is 35.9 Å². The van der Waals surface area contributed by atoms with Crippen molar-refractivity contribution in [1.82, 2.24) is 3.53 Å². The average molecular weight is 289 g/mol. The van der Waals surface area contributed by atoms with Gasteiger partial charge in [-0.3, -0.25) is 8.52 Å². The van der Waals surface area contributed by atoms with Crippen LogP contribution in [0.5, 0.6) is 0 Å². The quantitative estimate of drug-likeness (QED) is 0.383. The number of benzene rings is 1. The Morgan fingerprint density at radius 1 is 1.38 bits per heavy atom. The number of hydrogen-bond acceptors (Lipinski definition) is 1. The van der Waals surface area contributed by atoms with Crippen molar-refractivity contribution in [3.8, 4) is 0 Å². The summed E-state index contributed by atoms with van der Waals surface area (Å²) < 4.78 is 2.75. The van der Waals surface area contributed by atoms with Crippen LogP contribution in [0.25, 0.3) is 0 Å². The molecule has 0 aliphatic rings. The first-order chi connectivity index (χ1) is 6.33. The van der Waals surface area contributed by atoms with Crippen LogP contribution in [0.1, 0.15) is 5.56 Å². The van der Waals surface area contributed by atoms with E-state index in [1.807, 2.05) is 41.1 Å². The molecule has 13 heavy (non-hydrogen) atoms. The van der Waals surface area contributed by atoms with E-state index in [1.165, 1.54) is 5.56 Å². The van der Waals surface area contributed by atoms with Gasteiger partial charge in [-0.2, -0.15) is 0 Å². The van der Waals surface area contributed by atoms with E-state index in [9.17, 15) is 0 Å². The highest BCUT2D eigenvalue weighted by atomic mass is 127. The van der Waals surface area contributed by atoms with E-state index >= 15 is 0 Å². The second kappa shape index (κ2) is 5.80. The molecule has 70 valence electrons. The SMILES string of the molecule is NC(=NCCc1ccccc1)NI. The Kier molecular flexibility index (Phi) is 4.59. The summed E-state index contributed by atoms with van der Waals surface area (Å²) in [4.78, 5) is 4.11. The summed E-state index contributed by atoms with van der Waals surface area (Å²) in [5, 5.41) is 0. The van der Waals surface area contributed by atoms with E-state index in [0.29, 0.717) is 5.96 Å². The number of hydrogen-bond donors (Lipinski definition) is 2. The fraction of sp³-hybridized carbons (Fsp3) is 0.222. The summed E-state index contributed by atoms with van der Waals surface area (Å²) in [6.07, 6.45) is 0.930. The first-order valence-corrected chi connectivity index (χ1v) is 5.11. The fourth-order valence-corrected chi connectivity index (χ4v) is 1.15. The Morgan fingerprint density at radius 3 is 2.69 bits per heavy atom. The lowest BCUT2D eigenvalue weighted by Gasteiger charge is -1.98. The van der Waals surface area contributed by atoms with E-state index < -0.39 is 0 Å². The lowest BCUT2D eigenvalue weighted by Crippen LogP contribution is -2.23. The zero-order valence-electron chi connectivity index (χ0n) is 7.20. The number of nitrogens with one attached hydrogen (secondary N) is 1. The molecule has 0 aliphatic carbocycles. The molecule has 0 bridgehead atoms. The van der Waals surface area contributed by atoms with Crippen LogP contribution in [-0.4, -0.2) is 12.5 Å². The van der Waals surface area contributed by atoms with E-state index in [2.05, 4.69) is 20.7 Å². The Morgan fingerprint density at radius 2 is 2.08 bits per heavy atom. The van der Waals surface area contributed by atoms with Crippen LogP contribution in [0.3, 0.4) is 0 Å². The minimum atomic E-state index is 0.483. The third kappa shape index (κ3) is 4.12. The number of halogens is 1. The number of nitrogens with two attached hydrogens (primary N) is 1. The maximum absolute atomic E-state index is 5.47. The molecular formula is C9H12IN3. The standard InChI is InChI=1S/C9H12IN3/c10-13-9(11)12-7-6-8-4-2-1-3-5-8/h1-5H,6-7H2,(H3,11,12,13). The van der Waals surface area contributed by atoms with E-state index in [4.69, 9.17) is 5.73 Å². The Hall–Kier alpha value is -0.780. The van der Waals surface area contributed by atoms with Crippen LogP contribution in [-0.2, 0) is 6.42 Å². The van der Waals surface area contributed by atoms with Gasteiger partial charge in [0.15, 0.2) is 5.96 Å². The third-order valence-electron chi connectivity index (χ3n) is 1.62. The fourth-order valence-electron chi connectivity index (χ4n) is 0.980. The lowest BCUT2D eigenvalue weighted by molar-refractivity contribution is 0.960. The van der Waals surface area contributed by atoms with Gasteiger partial charge in [-0.05, 0) is 12.0 Å². The topological polar surface area (TPSA) is 50.4 Å². The molecule has 0 aliphatic heterocycles. The van der Waals surface area contributed by atoms with Gasteiger partial charge in [0.05, 0.1) is 22.9 Å². The highest BCUT2D eigenvalue weighted by molar-refractivity contribution is 14.1. The number of rotatable bonds is 3. The Labute approximate surface area is 91.9 Å². The summed E-state index contributed by atoms with van der Waals surface area (Å²) in [6, 6.07) is 10.2. The van der Waals surface area contributed by atoms with Crippen LogP contribution in [0.2, 0.25) is 0 Å². The van der Waals surface area contributed by atoms with Gasteiger partial charge in [0.1, 0.15) is 0 Å². The first kappa shape index (κ1) is 10.3. The van der Waals surface area contributed by atoms with Crippen molar-refractivity contribution in [2.45, 2.75) is 6.42 Å². The molecule has 0 atom stereocenters. The van der Waals surface area contributed by atoms with Gasteiger partial charge < -0.3 is 5.73 Å². The average Bonchev–Trinajstić information content (AvgIpc) is 2.19. The molecule has 0 saturated carbocycles. The molecule has 1 aromatic rings. The minimum Gasteiger partial charge on any atom is -0.369 e. The van der Waals surface area contributed by atoms with Gasteiger partial charge in [0.2, 0.25) is 0 Å². The molecule has 0 aromatic heterocycles. The van der Waals surface area contributed by atoms with Crippen molar-refractivity contribution in [3.63, 3.8) is 0 Å². The predicted octanol–water partition coefficient (Wildman–Crippen LogP) is 1.48. The molecule has 0 amide bonds. The van der Waals surface area contributed by atoms with Crippen LogP contribution in [0.4, 0.5) is 0 Å². The molecule has 0 unspecified atom stereocenters. The maximum Gasteiger partial charge on any atom is 0.197 e. The molecule has 3 N–H and O–H groups in total. The molecule has 1 aromatic carbocycles. The first-order valence-electron chi connectivity index (χ1n) is 4.03. The second-order valence-corrected chi connectivity index (χ2v) is 3.14. The molecule has 3 nitrogen and oxygen atoms in total. The largest absolute Gasteiger partial charge is 0.369 e. The van der Waals surface area contributed by atoms with E-state index in [-0.39, 0.29) is 0 Å². The maximum atomic E-state index is 5.47. The molecule has 0 radical (unpaired) electrons. The van der Waals surface area contributed by atoms with Crippen molar-refractivity contribution >= 4 is 28.8 Å². The molecule has 1 rings (SSSR count). The molecule has 0 spiro atoms. The summed E-state index contributed by atoms with van der Waals surface area (Å²) >= 11 is 1.96. The van der Waals surface area contributed by atoms with E-state index in [0.717, 1.165) is 13.0 Å². The zero-order chi connectivity index (χ0) is 9.52. The third-order valence-corrected chi connectivity index (χ3v) is 2.17. The lowest BCUT2D eigenvalue weighted by atomic mass is 10.2. The van der Waals surface area contributed by atoms with Gasteiger partial charge in [0, 0.05) is 6.54 Å². The predicted molar refractivity (Wildman–Crippen MR) is 63.8 cm³/mol. The van der Waals surface area contributed by atoms with Gasteiger partial charge in [-0.1, -0.05) is 30.3 Å². The highest BCUT2D eigenvalue weighted by Crippen LogP contribution is 1.98. The number of nitrogens with zero attached hydrogens (tertiary/aromatic N) is 1. The van der Waals surface area contributed by atoms with Gasteiger partial charge in [-0.15, -0.1) is 0 Å². The normalized spacial score (nSPS) is 11.3. The smallest absolute Gasteiger partial charge is 0.197 e. The van der Waals surface area contributed by atoms with Crippen molar-refractivity contribution in [1.29, 1.82) is 0 Å². The van der Waals surface area contributed by atoms with Crippen molar-refractivity contribution in [2.24, 2.45) is 10.7 Å².